The van der Waals surface area contributed by atoms with Crippen LogP contribution in [0.15, 0.2) is 48.8 Å². The first-order valence-corrected chi connectivity index (χ1v) is 8.06. The van der Waals surface area contributed by atoms with E-state index >= 15 is 0 Å². The van der Waals surface area contributed by atoms with E-state index in [-0.39, 0.29) is 17.1 Å². The molecule has 2 aromatic rings. The zero-order chi connectivity index (χ0) is 17.8. The number of nitrogens with one attached hydrogen (secondary N) is 1. The van der Waals surface area contributed by atoms with Gasteiger partial charge in [0.25, 0.3) is 0 Å². The Labute approximate surface area is 149 Å². The second-order valence-corrected chi connectivity index (χ2v) is 5.89. The van der Waals surface area contributed by atoms with E-state index in [0.717, 1.165) is 5.56 Å². The number of aromatic nitrogens is 1. The summed E-state index contributed by atoms with van der Waals surface area (Å²) in [5.41, 5.74) is 0.752. The van der Waals surface area contributed by atoms with E-state index in [4.69, 9.17) is 11.6 Å². The van der Waals surface area contributed by atoms with Crippen LogP contribution >= 0.6 is 11.6 Å². The Morgan fingerprint density at radius 3 is 2.92 bits per heavy atom. The lowest BCUT2D eigenvalue weighted by atomic mass is 10.0. The minimum Gasteiger partial charge on any atom is -0.352 e. The first-order chi connectivity index (χ1) is 12.1. The van der Waals surface area contributed by atoms with Gasteiger partial charge in [0.2, 0.25) is 11.8 Å². The summed E-state index contributed by atoms with van der Waals surface area (Å²) in [6, 6.07) is 6.61. The molecule has 0 saturated carbocycles. The van der Waals surface area contributed by atoms with Gasteiger partial charge in [0.1, 0.15) is 11.9 Å². The van der Waals surface area contributed by atoms with Crippen molar-refractivity contribution in [2.75, 3.05) is 13.1 Å². The summed E-state index contributed by atoms with van der Waals surface area (Å²) in [5, 5.41) is 2.76. The van der Waals surface area contributed by atoms with Crippen molar-refractivity contribution >= 4 is 29.5 Å². The lowest BCUT2D eigenvalue weighted by Gasteiger charge is -2.35. The molecule has 0 radical (unpaired) electrons. The highest BCUT2D eigenvalue weighted by molar-refractivity contribution is 6.31. The number of hydrogen-bond donors (Lipinski definition) is 1. The number of halogens is 2. The Hall–Kier alpha value is -2.73. The summed E-state index contributed by atoms with van der Waals surface area (Å²) < 4.78 is 14.3. The molecule has 1 fully saturated rings. The molecule has 2 amide bonds. The van der Waals surface area contributed by atoms with Crippen LogP contribution in [0.25, 0.3) is 6.08 Å². The monoisotopic (exact) mass is 359 g/mol. The summed E-state index contributed by atoms with van der Waals surface area (Å²) >= 11 is 6.09. The fourth-order valence-corrected chi connectivity index (χ4v) is 2.97. The highest BCUT2D eigenvalue weighted by Crippen LogP contribution is 2.31. The Bertz CT molecular complexity index is 806. The molecule has 1 atom stereocenters. The molecule has 1 aliphatic rings. The number of carbonyl (C=O) groups excluding carboxylic acids is 2. The largest absolute Gasteiger partial charge is 0.352 e. The Kier molecular flexibility index (Phi) is 5.09. The minimum absolute atomic E-state index is 0.00416. The van der Waals surface area contributed by atoms with Crippen LogP contribution in [0.4, 0.5) is 4.39 Å². The molecule has 1 aliphatic heterocycles. The molecule has 0 bridgehead atoms. The number of rotatable bonds is 3. The quantitative estimate of drug-likeness (QED) is 0.857. The van der Waals surface area contributed by atoms with Crippen molar-refractivity contribution in [3.63, 3.8) is 0 Å². The highest BCUT2D eigenvalue weighted by atomic mass is 35.5. The zero-order valence-electron chi connectivity index (χ0n) is 13.2. The summed E-state index contributed by atoms with van der Waals surface area (Å²) in [7, 11) is 0. The number of pyridine rings is 1. The molecule has 1 aromatic heterocycles. The number of carbonyl (C=O) groups is 2. The van der Waals surface area contributed by atoms with Crippen molar-refractivity contribution in [3.8, 4) is 0 Å². The molecule has 0 aliphatic carbocycles. The fraction of sp³-hybridized carbons (Fsp3) is 0.167. The summed E-state index contributed by atoms with van der Waals surface area (Å²) in [6.07, 6.45) is 6.18. The molecule has 1 N–H and O–H groups in total. The first kappa shape index (κ1) is 17.1. The third kappa shape index (κ3) is 3.69. The first-order valence-electron chi connectivity index (χ1n) is 7.68. The van der Waals surface area contributed by atoms with Crippen LogP contribution in [-0.4, -0.2) is 34.8 Å². The van der Waals surface area contributed by atoms with Crippen LogP contribution in [-0.2, 0) is 9.59 Å². The van der Waals surface area contributed by atoms with Crippen molar-refractivity contribution in [2.45, 2.75) is 6.04 Å². The number of piperazine rings is 1. The molecule has 1 saturated heterocycles. The molecule has 0 spiro atoms. The summed E-state index contributed by atoms with van der Waals surface area (Å²) in [4.78, 5) is 30.2. The predicted octanol–water partition coefficient (Wildman–Crippen LogP) is 2.59. The molecule has 128 valence electrons. The smallest absolute Gasteiger partial charge is 0.247 e. The number of nitrogens with zero attached hydrogens (tertiary/aromatic N) is 2. The summed E-state index contributed by atoms with van der Waals surface area (Å²) in [5.74, 6) is -1.48. The molecule has 5 nitrogen and oxygen atoms in total. The second-order valence-electron chi connectivity index (χ2n) is 5.48. The van der Waals surface area contributed by atoms with Crippen molar-refractivity contribution < 1.29 is 14.0 Å². The third-order valence-electron chi connectivity index (χ3n) is 3.87. The van der Waals surface area contributed by atoms with Gasteiger partial charge in [0.05, 0.1) is 0 Å². The number of amides is 2. The van der Waals surface area contributed by atoms with E-state index in [1.807, 2.05) is 0 Å². The normalized spacial score (nSPS) is 17.6. The van der Waals surface area contributed by atoms with E-state index in [1.54, 1.807) is 30.6 Å². The topological polar surface area (TPSA) is 62.3 Å². The van der Waals surface area contributed by atoms with Crippen molar-refractivity contribution in [2.24, 2.45) is 0 Å². The summed E-state index contributed by atoms with van der Waals surface area (Å²) in [6.45, 7) is 0.561. The maximum absolute atomic E-state index is 14.3. The number of hydrogen-bond acceptors (Lipinski definition) is 3. The minimum atomic E-state index is -1.10. The SMILES string of the molecule is O=C1NCCN(C(=O)C=Cc2cccnc2)C1c1c(F)cccc1Cl. The average Bonchev–Trinajstić information content (AvgIpc) is 2.61. The van der Waals surface area contributed by atoms with Crippen LogP contribution < -0.4 is 5.32 Å². The molecular weight excluding hydrogens is 345 g/mol. The molecule has 2 heterocycles. The van der Waals surface area contributed by atoms with E-state index in [2.05, 4.69) is 10.3 Å². The number of benzene rings is 1. The van der Waals surface area contributed by atoms with Gasteiger partial charge >= 0.3 is 0 Å². The molecule has 3 rings (SSSR count). The van der Waals surface area contributed by atoms with Gasteiger partial charge in [-0.05, 0) is 29.8 Å². The van der Waals surface area contributed by atoms with Gasteiger partial charge in [0.15, 0.2) is 0 Å². The van der Waals surface area contributed by atoms with Gasteiger partial charge in [0, 0.05) is 42.1 Å². The molecule has 1 unspecified atom stereocenters. The van der Waals surface area contributed by atoms with Gasteiger partial charge in [-0.15, -0.1) is 0 Å². The van der Waals surface area contributed by atoms with Gasteiger partial charge in [-0.25, -0.2) is 4.39 Å². The Morgan fingerprint density at radius 1 is 1.36 bits per heavy atom. The predicted molar refractivity (Wildman–Crippen MR) is 92.1 cm³/mol. The Morgan fingerprint density at radius 2 is 2.20 bits per heavy atom. The standard InChI is InChI=1S/C18H15ClFN3O2/c19-13-4-1-5-14(20)16(13)17-18(25)22-9-10-23(17)15(24)7-6-12-3-2-8-21-11-12/h1-8,11,17H,9-10H2,(H,22,25). The van der Waals surface area contributed by atoms with Crippen molar-refractivity contribution in [1.29, 1.82) is 0 Å². The Balaban J connectivity index is 1.91. The van der Waals surface area contributed by atoms with E-state index in [9.17, 15) is 14.0 Å². The van der Waals surface area contributed by atoms with Crippen LogP contribution in [0, 0.1) is 5.82 Å². The maximum Gasteiger partial charge on any atom is 0.247 e. The maximum atomic E-state index is 14.3. The third-order valence-corrected chi connectivity index (χ3v) is 4.20. The molecule has 1 aromatic carbocycles. The van der Waals surface area contributed by atoms with Crippen LogP contribution in [0.5, 0.6) is 0 Å². The van der Waals surface area contributed by atoms with Gasteiger partial charge in [-0.2, -0.15) is 0 Å². The second kappa shape index (κ2) is 7.44. The van der Waals surface area contributed by atoms with E-state index in [1.165, 1.54) is 29.2 Å². The highest BCUT2D eigenvalue weighted by Gasteiger charge is 2.36. The van der Waals surface area contributed by atoms with Crippen molar-refractivity contribution in [1.82, 2.24) is 15.2 Å². The molecule has 25 heavy (non-hydrogen) atoms. The van der Waals surface area contributed by atoms with Crippen LogP contribution in [0.3, 0.4) is 0 Å². The fourth-order valence-electron chi connectivity index (χ4n) is 2.70. The van der Waals surface area contributed by atoms with Crippen LogP contribution in [0.1, 0.15) is 17.2 Å². The van der Waals surface area contributed by atoms with Crippen LogP contribution in [0.2, 0.25) is 5.02 Å². The molecular formula is C18H15ClFN3O2. The lowest BCUT2D eigenvalue weighted by Crippen LogP contribution is -2.52. The zero-order valence-corrected chi connectivity index (χ0v) is 13.9. The average molecular weight is 360 g/mol. The van der Waals surface area contributed by atoms with Crippen molar-refractivity contribution in [3.05, 3.63) is 70.8 Å². The van der Waals surface area contributed by atoms with Gasteiger partial charge in [-0.1, -0.05) is 23.7 Å². The van der Waals surface area contributed by atoms with Gasteiger partial charge in [-0.3, -0.25) is 14.6 Å². The van der Waals surface area contributed by atoms with E-state index < -0.39 is 23.7 Å². The van der Waals surface area contributed by atoms with Gasteiger partial charge < -0.3 is 10.2 Å². The van der Waals surface area contributed by atoms with E-state index in [0.29, 0.717) is 6.54 Å². The lowest BCUT2D eigenvalue weighted by molar-refractivity contribution is -0.140. The molecule has 7 heteroatoms.